The molecule has 0 radical (unpaired) electrons. The third-order valence-electron chi connectivity index (χ3n) is 1.83. The number of rotatable bonds is 6. The number of hydrogen-bond acceptors (Lipinski definition) is 7. The van der Waals surface area contributed by atoms with Gasteiger partial charge in [0.1, 0.15) is 5.82 Å². The van der Waals surface area contributed by atoms with Crippen LogP contribution in [0.25, 0.3) is 0 Å². The van der Waals surface area contributed by atoms with Gasteiger partial charge in [-0.3, -0.25) is 0 Å². The standard InChI is InChI=1S/C9H16N4O3/c1-14-5-6(10)4-7-11-8(15-2)13-9(12-7)16-3/h6H,4-5,10H2,1-3H3. The van der Waals surface area contributed by atoms with Gasteiger partial charge in [-0.2, -0.15) is 9.97 Å². The predicted octanol–water partition coefficient (Wildman–Crippen LogP) is -0.595. The van der Waals surface area contributed by atoms with Gasteiger partial charge in [0.25, 0.3) is 0 Å². The molecular weight excluding hydrogens is 212 g/mol. The second-order valence-corrected chi connectivity index (χ2v) is 3.14. The normalized spacial score (nSPS) is 12.2. The van der Waals surface area contributed by atoms with Crippen LogP contribution in [0, 0.1) is 0 Å². The molecule has 0 fully saturated rings. The zero-order valence-corrected chi connectivity index (χ0v) is 9.64. The maximum absolute atomic E-state index is 5.79. The van der Waals surface area contributed by atoms with Crippen LogP contribution in [0.4, 0.5) is 0 Å². The van der Waals surface area contributed by atoms with Gasteiger partial charge in [-0.1, -0.05) is 0 Å². The van der Waals surface area contributed by atoms with Crippen molar-refractivity contribution in [3.8, 4) is 12.0 Å². The molecule has 0 spiro atoms. The maximum atomic E-state index is 5.79. The molecule has 1 heterocycles. The Hall–Kier alpha value is -1.47. The van der Waals surface area contributed by atoms with Crippen molar-refractivity contribution >= 4 is 0 Å². The lowest BCUT2D eigenvalue weighted by atomic mass is 10.2. The molecule has 90 valence electrons. The number of ether oxygens (including phenoxy) is 3. The van der Waals surface area contributed by atoms with E-state index < -0.39 is 0 Å². The first-order valence-corrected chi connectivity index (χ1v) is 4.77. The average molecular weight is 228 g/mol. The number of hydrogen-bond donors (Lipinski definition) is 1. The molecule has 1 rings (SSSR count). The second kappa shape index (κ2) is 6.19. The van der Waals surface area contributed by atoms with Gasteiger partial charge in [-0.15, -0.1) is 4.98 Å². The van der Waals surface area contributed by atoms with E-state index in [0.717, 1.165) is 0 Å². The van der Waals surface area contributed by atoms with Crippen LogP contribution in [-0.2, 0) is 11.2 Å². The molecule has 0 saturated heterocycles. The minimum Gasteiger partial charge on any atom is -0.467 e. The third kappa shape index (κ3) is 3.59. The van der Waals surface area contributed by atoms with E-state index in [9.17, 15) is 0 Å². The van der Waals surface area contributed by atoms with Crippen molar-refractivity contribution in [1.29, 1.82) is 0 Å². The molecule has 0 aromatic carbocycles. The summed E-state index contributed by atoms with van der Waals surface area (Å²) in [6.45, 7) is 0.441. The van der Waals surface area contributed by atoms with Gasteiger partial charge in [-0.05, 0) is 0 Å². The van der Waals surface area contributed by atoms with Gasteiger partial charge in [0, 0.05) is 19.6 Å². The Morgan fingerprint density at radius 3 is 2.06 bits per heavy atom. The topological polar surface area (TPSA) is 92.4 Å². The number of aromatic nitrogens is 3. The molecule has 2 N–H and O–H groups in total. The number of methoxy groups -OCH3 is 3. The Morgan fingerprint density at radius 1 is 1.06 bits per heavy atom. The Labute approximate surface area is 94.0 Å². The number of nitrogens with zero attached hydrogens (tertiary/aromatic N) is 3. The van der Waals surface area contributed by atoms with Crippen molar-refractivity contribution in [3.63, 3.8) is 0 Å². The summed E-state index contributed by atoms with van der Waals surface area (Å²) < 4.78 is 14.8. The lowest BCUT2D eigenvalue weighted by Gasteiger charge is -2.10. The Balaban J connectivity index is 2.78. The van der Waals surface area contributed by atoms with Crippen LogP contribution in [0.1, 0.15) is 5.82 Å². The van der Waals surface area contributed by atoms with E-state index in [1.54, 1.807) is 7.11 Å². The van der Waals surface area contributed by atoms with Crippen molar-refractivity contribution in [1.82, 2.24) is 15.0 Å². The average Bonchev–Trinajstić information content (AvgIpc) is 2.28. The van der Waals surface area contributed by atoms with Crippen LogP contribution >= 0.6 is 0 Å². The minimum atomic E-state index is -0.165. The summed E-state index contributed by atoms with van der Waals surface area (Å²) in [7, 11) is 4.55. The molecule has 1 aromatic heterocycles. The van der Waals surface area contributed by atoms with Crippen LogP contribution in [0.15, 0.2) is 0 Å². The van der Waals surface area contributed by atoms with Gasteiger partial charge >= 0.3 is 12.0 Å². The van der Waals surface area contributed by atoms with Crippen LogP contribution in [0.2, 0.25) is 0 Å². The zero-order chi connectivity index (χ0) is 12.0. The first-order valence-electron chi connectivity index (χ1n) is 4.77. The predicted molar refractivity (Wildman–Crippen MR) is 56.5 cm³/mol. The van der Waals surface area contributed by atoms with E-state index in [4.69, 9.17) is 19.9 Å². The first-order chi connectivity index (χ1) is 7.69. The quantitative estimate of drug-likeness (QED) is 0.695. The van der Waals surface area contributed by atoms with Crippen LogP contribution < -0.4 is 15.2 Å². The molecule has 0 amide bonds. The molecule has 1 unspecified atom stereocenters. The summed E-state index contributed by atoms with van der Waals surface area (Å²) in [5, 5.41) is 0. The summed E-state index contributed by atoms with van der Waals surface area (Å²) in [5.41, 5.74) is 5.79. The molecule has 7 nitrogen and oxygen atoms in total. The van der Waals surface area contributed by atoms with E-state index in [-0.39, 0.29) is 18.1 Å². The highest BCUT2D eigenvalue weighted by Gasteiger charge is 2.10. The van der Waals surface area contributed by atoms with Crippen LogP contribution in [-0.4, -0.2) is 48.9 Å². The van der Waals surface area contributed by atoms with Crippen LogP contribution in [0.5, 0.6) is 12.0 Å². The minimum absolute atomic E-state index is 0.165. The molecular formula is C9H16N4O3. The number of nitrogens with two attached hydrogens (primary N) is 1. The van der Waals surface area contributed by atoms with Crippen molar-refractivity contribution in [2.24, 2.45) is 5.73 Å². The van der Waals surface area contributed by atoms with Gasteiger partial charge in [-0.25, -0.2) is 0 Å². The summed E-state index contributed by atoms with van der Waals surface area (Å²) >= 11 is 0. The van der Waals surface area contributed by atoms with Crippen molar-refractivity contribution in [2.75, 3.05) is 27.9 Å². The second-order valence-electron chi connectivity index (χ2n) is 3.14. The van der Waals surface area contributed by atoms with Gasteiger partial charge in [0.05, 0.1) is 20.8 Å². The SMILES string of the molecule is COCC(N)Cc1nc(OC)nc(OC)n1. The van der Waals surface area contributed by atoms with E-state index >= 15 is 0 Å². The molecule has 1 atom stereocenters. The first kappa shape index (κ1) is 12.6. The van der Waals surface area contributed by atoms with E-state index in [1.165, 1.54) is 14.2 Å². The monoisotopic (exact) mass is 228 g/mol. The van der Waals surface area contributed by atoms with E-state index in [2.05, 4.69) is 15.0 Å². The highest BCUT2D eigenvalue weighted by Crippen LogP contribution is 2.09. The maximum Gasteiger partial charge on any atom is 0.322 e. The fourth-order valence-electron chi connectivity index (χ4n) is 1.16. The summed E-state index contributed by atoms with van der Waals surface area (Å²) in [6, 6.07) is 0.264. The molecule has 16 heavy (non-hydrogen) atoms. The smallest absolute Gasteiger partial charge is 0.322 e. The molecule has 0 saturated carbocycles. The highest BCUT2D eigenvalue weighted by atomic mass is 16.5. The summed E-state index contributed by atoms with van der Waals surface area (Å²) in [6.07, 6.45) is 0.475. The van der Waals surface area contributed by atoms with Crippen LogP contribution in [0.3, 0.4) is 0 Å². The molecule has 0 aliphatic heterocycles. The van der Waals surface area contributed by atoms with Gasteiger partial charge in [0.15, 0.2) is 0 Å². The highest BCUT2D eigenvalue weighted by molar-refractivity contribution is 5.06. The Bertz CT molecular complexity index is 312. The molecule has 7 heteroatoms. The Morgan fingerprint density at radius 2 is 1.62 bits per heavy atom. The zero-order valence-electron chi connectivity index (χ0n) is 9.64. The molecule has 0 aliphatic carbocycles. The largest absolute Gasteiger partial charge is 0.467 e. The van der Waals surface area contributed by atoms with Gasteiger partial charge in [0.2, 0.25) is 0 Å². The van der Waals surface area contributed by atoms with Crippen molar-refractivity contribution < 1.29 is 14.2 Å². The lowest BCUT2D eigenvalue weighted by Crippen LogP contribution is -2.29. The summed E-state index contributed by atoms with van der Waals surface area (Å²) in [4.78, 5) is 12.0. The lowest BCUT2D eigenvalue weighted by molar-refractivity contribution is 0.179. The van der Waals surface area contributed by atoms with E-state index in [1.807, 2.05) is 0 Å². The fourth-order valence-corrected chi connectivity index (χ4v) is 1.16. The third-order valence-corrected chi connectivity index (χ3v) is 1.83. The summed E-state index contributed by atoms with van der Waals surface area (Å²) in [5.74, 6) is 0.522. The van der Waals surface area contributed by atoms with Crippen molar-refractivity contribution in [2.45, 2.75) is 12.5 Å². The molecule has 0 aliphatic rings. The fraction of sp³-hybridized carbons (Fsp3) is 0.667. The molecule has 1 aromatic rings. The van der Waals surface area contributed by atoms with E-state index in [0.29, 0.717) is 18.9 Å². The van der Waals surface area contributed by atoms with Crippen molar-refractivity contribution in [3.05, 3.63) is 5.82 Å². The Kier molecular flexibility index (Phi) is 4.87. The molecule has 0 bridgehead atoms. The van der Waals surface area contributed by atoms with Gasteiger partial charge < -0.3 is 19.9 Å².